The Balaban J connectivity index is 0.000000461. The number of fused-ring (bicyclic) bond motifs is 1. The zero-order chi connectivity index (χ0) is 10.6. The first-order valence-corrected chi connectivity index (χ1v) is 4.96. The summed E-state index contributed by atoms with van der Waals surface area (Å²) < 4.78 is 1.84. The van der Waals surface area contributed by atoms with Crippen molar-refractivity contribution < 1.29 is 0 Å². The molecule has 0 N–H and O–H groups in total. The fourth-order valence-corrected chi connectivity index (χ4v) is 1.24. The van der Waals surface area contributed by atoms with E-state index in [1.807, 2.05) is 32.4 Å². The predicted molar refractivity (Wildman–Crippen MR) is 57.1 cm³/mol. The molecule has 0 atom stereocenters. The summed E-state index contributed by atoms with van der Waals surface area (Å²) in [5.74, 6) is 0. The number of hydrogen-bond acceptors (Lipinski definition) is 3. The topological polar surface area (TPSA) is 43.6 Å². The number of hydrogen-bond donors (Lipinski definition) is 0. The van der Waals surface area contributed by atoms with Gasteiger partial charge in [-0.15, -0.1) is 5.10 Å². The van der Waals surface area contributed by atoms with Gasteiger partial charge in [-0.05, 0) is 19.4 Å². The lowest BCUT2D eigenvalue weighted by molar-refractivity contribution is 0.646. The van der Waals surface area contributed by atoms with Crippen LogP contribution in [0.2, 0.25) is 0 Å². The highest BCUT2D eigenvalue weighted by atomic mass is 15.4. The highest BCUT2D eigenvalue weighted by Crippen LogP contribution is 2.12. The van der Waals surface area contributed by atoms with Crippen LogP contribution in [0.4, 0.5) is 0 Å². The molecule has 2 rings (SSSR count). The van der Waals surface area contributed by atoms with Crippen molar-refractivity contribution in [1.82, 2.24) is 20.0 Å². The fraction of sp³-hybridized carbons (Fsp3) is 0.500. The molecule has 4 nitrogen and oxygen atoms in total. The van der Waals surface area contributed by atoms with Crippen molar-refractivity contribution in [3.63, 3.8) is 0 Å². The van der Waals surface area contributed by atoms with E-state index in [0.29, 0.717) is 0 Å². The molecule has 0 saturated heterocycles. The Morgan fingerprint density at radius 3 is 2.64 bits per heavy atom. The molecule has 0 spiro atoms. The van der Waals surface area contributed by atoms with Gasteiger partial charge in [0.1, 0.15) is 11.0 Å². The highest BCUT2D eigenvalue weighted by Gasteiger charge is 2.04. The zero-order valence-corrected chi connectivity index (χ0v) is 9.15. The molecule has 2 aromatic rings. The van der Waals surface area contributed by atoms with Crippen LogP contribution in [0.25, 0.3) is 11.0 Å². The molecule has 0 aliphatic carbocycles. The van der Waals surface area contributed by atoms with Gasteiger partial charge in [0.25, 0.3) is 0 Å². The summed E-state index contributed by atoms with van der Waals surface area (Å²) in [4.78, 5) is 4.09. The lowest BCUT2D eigenvalue weighted by atomic mass is 10.3. The zero-order valence-electron chi connectivity index (χ0n) is 9.15. The lowest BCUT2D eigenvalue weighted by Gasteiger charge is -1.95. The third-order valence-electron chi connectivity index (χ3n) is 1.91. The number of pyridine rings is 1. The second kappa shape index (κ2) is 4.69. The third-order valence-corrected chi connectivity index (χ3v) is 1.91. The Kier molecular flexibility index (Phi) is 3.56. The smallest absolute Gasteiger partial charge is 0.119 e. The molecule has 76 valence electrons. The molecule has 14 heavy (non-hydrogen) atoms. The maximum absolute atomic E-state index is 4.09. The van der Waals surface area contributed by atoms with Crippen LogP contribution in [0.3, 0.4) is 0 Å². The Hall–Kier alpha value is -1.45. The van der Waals surface area contributed by atoms with E-state index >= 15 is 0 Å². The number of aryl methyl sites for hydroxylation is 2. The van der Waals surface area contributed by atoms with Crippen molar-refractivity contribution in [2.45, 2.75) is 34.2 Å². The van der Waals surface area contributed by atoms with Crippen molar-refractivity contribution in [3.05, 3.63) is 18.0 Å². The Bertz CT molecular complexity index is 405. The van der Waals surface area contributed by atoms with E-state index in [9.17, 15) is 0 Å². The molecular formula is C10H16N4. The average Bonchev–Trinajstić information content (AvgIpc) is 2.65. The molecule has 0 saturated carbocycles. The minimum absolute atomic E-state index is 0.835. The van der Waals surface area contributed by atoms with Gasteiger partial charge >= 0.3 is 0 Å². The molecule has 0 unspecified atom stereocenters. The minimum atomic E-state index is 0.835. The number of nitrogens with zero attached hydrogens (tertiary/aromatic N) is 4. The van der Waals surface area contributed by atoms with Crippen molar-refractivity contribution in [3.8, 4) is 0 Å². The standard InChI is InChI=1S/C8H10N4.C2H6/c1-3-12-7-5-9-4-6(2)8(7)10-11-12;1-2/h4-5H,3H2,1-2H3;1-2H3. The normalized spacial score (nSPS) is 9.71. The van der Waals surface area contributed by atoms with Crippen molar-refractivity contribution in [1.29, 1.82) is 0 Å². The van der Waals surface area contributed by atoms with E-state index in [1.165, 1.54) is 0 Å². The number of aromatic nitrogens is 4. The van der Waals surface area contributed by atoms with E-state index in [-0.39, 0.29) is 0 Å². The van der Waals surface area contributed by atoms with Crippen LogP contribution in [-0.2, 0) is 6.54 Å². The van der Waals surface area contributed by atoms with E-state index in [1.54, 1.807) is 12.4 Å². The van der Waals surface area contributed by atoms with Crippen LogP contribution >= 0.6 is 0 Å². The van der Waals surface area contributed by atoms with Gasteiger partial charge in [-0.25, -0.2) is 4.68 Å². The van der Waals surface area contributed by atoms with Gasteiger partial charge in [0.05, 0.1) is 6.20 Å². The van der Waals surface area contributed by atoms with E-state index in [0.717, 1.165) is 23.1 Å². The summed E-state index contributed by atoms with van der Waals surface area (Å²) in [5.41, 5.74) is 3.04. The van der Waals surface area contributed by atoms with Crippen LogP contribution in [0.15, 0.2) is 12.4 Å². The maximum Gasteiger partial charge on any atom is 0.119 e. The molecule has 4 heteroatoms. The van der Waals surface area contributed by atoms with Gasteiger partial charge in [0.2, 0.25) is 0 Å². The van der Waals surface area contributed by atoms with E-state index in [4.69, 9.17) is 0 Å². The summed E-state index contributed by atoms with van der Waals surface area (Å²) in [6.45, 7) is 8.86. The van der Waals surface area contributed by atoms with Crippen molar-refractivity contribution in [2.24, 2.45) is 0 Å². The molecule has 0 fully saturated rings. The molecule has 0 aliphatic rings. The van der Waals surface area contributed by atoms with E-state index < -0.39 is 0 Å². The van der Waals surface area contributed by atoms with Gasteiger partial charge in [-0.1, -0.05) is 19.1 Å². The van der Waals surface area contributed by atoms with Crippen LogP contribution in [-0.4, -0.2) is 20.0 Å². The number of rotatable bonds is 1. The maximum atomic E-state index is 4.09. The average molecular weight is 192 g/mol. The van der Waals surface area contributed by atoms with Gasteiger partial charge in [-0.2, -0.15) is 0 Å². The summed E-state index contributed by atoms with van der Waals surface area (Å²) in [6, 6.07) is 0. The Morgan fingerprint density at radius 1 is 1.29 bits per heavy atom. The van der Waals surface area contributed by atoms with Gasteiger partial charge < -0.3 is 0 Å². The molecular weight excluding hydrogens is 176 g/mol. The first kappa shape index (κ1) is 10.6. The molecule has 0 amide bonds. The summed E-state index contributed by atoms with van der Waals surface area (Å²) in [6.07, 6.45) is 3.60. The minimum Gasteiger partial charge on any atom is -0.262 e. The van der Waals surface area contributed by atoms with Crippen molar-refractivity contribution in [2.75, 3.05) is 0 Å². The summed E-state index contributed by atoms with van der Waals surface area (Å²) in [5, 5.41) is 8.06. The molecule has 0 aliphatic heterocycles. The monoisotopic (exact) mass is 192 g/mol. The second-order valence-corrected chi connectivity index (χ2v) is 2.73. The summed E-state index contributed by atoms with van der Waals surface area (Å²) >= 11 is 0. The van der Waals surface area contributed by atoms with Crippen LogP contribution in [0.5, 0.6) is 0 Å². The summed E-state index contributed by atoms with van der Waals surface area (Å²) in [7, 11) is 0. The fourth-order valence-electron chi connectivity index (χ4n) is 1.24. The molecule has 0 aromatic carbocycles. The van der Waals surface area contributed by atoms with Crippen LogP contribution in [0, 0.1) is 6.92 Å². The predicted octanol–water partition coefficient (Wildman–Crippen LogP) is 2.18. The largest absolute Gasteiger partial charge is 0.262 e. The molecule has 0 bridgehead atoms. The highest BCUT2D eigenvalue weighted by molar-refractivity contribution is 5.76. The Labute approximate surface area is 84.0 Å². The van der Waals surface area contributed by atoms with Gasteiger partial charge in [0, 0.05) is 12.7 Å². The first-order chi connectivity index (χ1) is 6.83. The van der Waals surface area contributed by atoms with Gasteiger partial charge in [0.15, 0.2) is 0 Å². The van der Waals surface area contributed by atoms with Crippen molar-refractivity contribution >= 4 is 11.0 Å². The SMILES string of the molecule is CC.CCn1nnc2c(C)cncc21. The lowest BCUT2D eigenvalue weighted by Crippen LogP contribution is -1.95. The van der Waals surface area contributed by atoms with Gasteiger partial charge in [-0.3, -0.25) is 4.98 Å². The first-order valence-electron chi connectivity index (χ1n) is 4.96. The van der Waals surface area contributed by atoms with Crippen LogP contribution in [0.1, 0.15) is 26.3 Å². The molecule has 0 radical (unpaired) electrons. The quantitative estimate of drug-likeness (QED) is 0.695. The second-order valence-electron chi connectivity index (χ2n) is 2.73. The Morgan fingerprint density at radius 2 is 2.00 bits per heavy atom. The van der Waals surface area contributed by atoms with E-state index in [2.05, 4.69) is 15.3 Å². The molecule has 2 aromatic heterocycles. The molecule has 2 heterocycles. The van der Waals surface area contributed by atoms with Crippen LogP contribution < -0.4 is 0 Å². The third kappa shape index (κ3) is 1.73.